The lowest BCUT2D eigenvalue weighted by Crippen LogP contribution is -2.55. The van der Waals surface area contributed by atoms with Crippen molar-refractivity contribution in [2.24, 2.45) is 5.41 Å². The molecule has 1 heterocycles. The highest BCUT2D eigenvalue weighted by Crippen LogP contribution is 2.32. The van der Waals surface area contributed by atoms with E-state index < -0.39 is 0 Å². The Morgan fingerprint density at radius 3 is 2.58 bits per heavy atom. The highest BCUT2D eigenvalue weighted by atomic mass is 16.1. The van der Waals surface area contributed by atoms with Crippen LogP contribution in [0.4, 0.5) is 0 Å². The van der Waals surface area contributed by atoms with Crippen molar-refractivity contribution in [3.63, 3.8) is 0 Å². The second kappa shape index (κ2) is 3.44. The van der Waals surface area contributed by atoms with Gasteiger partial charge in [-0.3, -0.25) is 4.79 Å². The van der Waals surface area contributed by atoms with Gasteiger partial charge in [0.05, 0.1) is 0 Å². The predicted octanol–water partition coefficient (Wildman–Crippen LogP) is 0.464. The Morgan fingerprint density at radius 1 is 1.58 bits per heavy atom. The molecule has 1 amide bonds. The normalized spacial score (nSPS) is 21.6. The molecule has 70 valence electrons. The van der Waals surface area contributed by atoms with E-state index in [-0.39, 0.29) is 11.3 Å². The van der Waals surface area contributed by atoms with E-state index in [1.165, 1.54) is 0 Å². The lowest BCUT2D eigenvalue weighted by Gasteiger charge is -2.47. The highest BCUT2D eigenvalue weighted by molar-refractivity contribution is 5.76. The zero-order valence-electron chi connectivity index (χ0n) is 8.18. The molecule has 0 spiro atoms. The van der Waals surface area contributed by atoms with Gasteiger partial charge in [0, 0.05) is 32.0 Å². The fourth-order valence-electron chi connectivity index (χ4n) is 1.84. The van der Waals surface area contributed by atoms with Crippen LogP contribution in [0, 0.1) is 5.41 Å². The summed E-state index contributed by atoms with van der Waals surface area (Å²) in [6.07, 6.45) is 0.667. The first-order valence-corrected chi connectivity index (χ1v) is 4.52. The topological polar surface area (TPSA) is 32.3 Å². The molecular formula is C9H18N2O. The SMILES string of the molecule is CCN1CC(C)(CC(=O)NC)C1. The Bertz CT molecular complexity index is 173. The molecule has 0 aromatic heterocycles. The van der Waals surface area contributed by atoms with Crippen LogP contribution in [-0.4, -0.2) is 37.5 Å². The Hall–Kier alpha value is -0.570. The smallest absolute Gasteiger partial charge is 0.220 e. The molecule has 0 atom stereocenters. The Kier molecular flexibility index (Phi) is 2.73. The van der Waals surface area contributed by atoms with E-state index in [9.17, 15) is 4.79 Å². The molecular weight excluding hydrogens is 152 g/mol. The van der Waals surface area contributed by atoms with Gasteiger partial charge in [-0.1, -0.05) is 13.8 Å². The minimum Gasteiger partial charge on any atom is -0.359 e. The number of hydrogen-bond donors (Lipinski definition) is 1. The van der Waals surface area contributed by atoms with Crippen LogP contribution < -0.4 is 5.32 Å². The Balaban J connectivity index is 2.30. The average molecular weight is 170 g/mol. The van der Waals surface area contributed by atoms with Crippen molar-refractivity contribution in [3.8, 4) is 0 Å². The second-order valence-electron chi connectivity index (χ2n) is 3.96. The van der Waals surface area contributed by atoms with Gasteiger partial charge in [-0.05, 0) is 6.54 Å². The lowest BCUT2D eigenvalue weighted by atomic mass is 9.78. The quantitative estimate of drug-likeness (QED) is 0.667. The predicted molar refractivity (Wildman–Crippen MR) is 48.9 cm³/mol. The first kappa shape index (κ1) is 9.52. The minimum atomic E-state index is 0.160. The molecule has 1 aliphatic rings. The van der Waals surface area contributed by atoms with E-state index in [0.717, 1.165) is 19.6 Å². The summed E-state index contributed by atoms with van der Waals surface area (Å²) in [4.78, 5) is 13.4. The van der Waals surface area contributed by atoms with Gasteiger partial charge in [-0.2, -0.15) is 0 Å². The standard InChI is InChI=1S/C9H18N2O/c1-4-11-6-9(2,7-11)5-8(12)10-3/h4-7H2,1-3H3,(H,10,12). The van der Waals surface area contributed by atoms with Crippen LogP contribution in [-0.2, 0) is 4.79 Å². The first-order valence-electron chi connectivity index (χ1n) is 4.52. The number of carbonyl (C=O) groups is 1. The van der Waals surface area contributed by atoms with Crippen LogP contribution in [0.5, 0.6) is 0 Å². The van der Waals surface area contributed by atoms with Crippen LogP contribution in [0.2, 0.25) is 0 Å². The van der Waals surface area contributed by atoms with E-state index in [4.69, 9.17) is 0 Å². The van der Waals surface area contributed by atoms with Crippen molar-refractivity contribution < 1.29 is 4.79 Å². The summed E-state index contributed by atoms with van der Waals surface area (Å²) >= 11 is 0. The first-order chi connectivity index (χ1) is 5.59. The van der Waals surface area contributed by atoms with E-state index >= 15 is 0 Å². The molecule has 0 aromatic carbocycles. The van der Waals surface area contributed by atoms with E-state index in [2.05, 4.69) is 24.1 Å². The number of rotatable bonds is 3. The van der Waals surface area contributed by atoms with Crippen molar-refractivity contribution in [2.75, 3.05) is 26.7 Å². The van der Waals surface area contributed by atoms with Crippen molar-refractivity contribution in [3.05, 3.63) is 0 Å². The number of likely N-dealkylation sites (tertiary alicyclic amines) is 1. The number of nitrogens with one attached hydrogen (secondary N) is 1. The van der Waals surface area contributed by atoms with Crippen molar-refractivity contribution in [2.45, 2.75) is 20.3 Å². The van der Waals surface area contributed by atoms with Crippen LogP contribution in [0.25, 0.3) is 0 Å². The molecule has 3 heteroatoms. The van der Waals surface area contributed by atoms with Crippen LogP contribution in [0.15, 0.2) is 0 Å². The molecule has 0 saturated carbocycles. The fraction of sp³-hybridized carbons (Fsp3) is 0.889. The van der Waals surface area contributed by atoms with E-state index in [0.29, 0.717) is 6.42 Å². The largest absolute Gasteiger partial charge is 0.359 e. The maximum atomic E-state index is 11.1. The summed E-state index contributed by atoms with van der Waals surface area (Å²) in [7, 11) is 1.70. The molecule has 1 aliphatic heterocycles. The minimum absolute atomic E-state index is 0.160. The van der Waals surface area contributed by atoms with Crippen molar-refractivity contribution in [1.29, 1.82) is 0 Å². The maximum absolute atomic E-state index is 11.1. The van der Waals surface area contributed by atoms with Crippen LogP contribution >= 0.6 is 0 Å². The Morgan fingerprint density at radius 2 is 2.17 bits per heavy atom. The average Bonchev–Trinajstić information content (AvgIpc) is 1.99. The fourth-order valence-corrected chi connectivity index (χ4v) is 1.84. The molecule has 0 aromatic rings. The van der Waals surface area contributed by atoms with Gasteiger partial charge < -0.3 is 10.2 Å². The van der Waals surface area contributed by atoms with Crippen LogP contribution in [0.1, 0.15) is 20.3 Å². The summed E-state index contributed by atoms with van der Waals surface area (Å²) in [5.74, 6) is 0.160. The molecule has 1 fully saturated rings. The monoisotopic (exact) mass is 170 g/mol. The third kappa shape index (κ3) is 1.97. The highest BCUT2D eigenvalue weighted by Gasteiger charge is 2.38. The second-order valence-corrected chi connectivity index (χ2v) is 3.96. The molecule has 0 unspecified atom stereocenters. The maximum Gasteiger partial charge on any atom is 0.220 e. The van der Waals surface area contributed by atoms with Gasteiger partial charge in [-0.25, -0.2) is 0 Å². The zero-order chi connectivity index (χ0) is 9.19. The van der Waals surface area contributed by atoms with Crippen LogP contribution in [0.3, 0.4) is 0 Å². The molecule has 0 aliphatic carbocycles. The summed E-state index contributed by atoms with van der Waals surface area (Å²) in [6, 6.07) is 0. The van der Waals surface area contributed by atoms with Crippen molar-refractivity contribution in [1.82, 2.24) is 10.2 Å². The number of nitrogens with zero attached hydrogens (tertiary/aromatic N) is 1. The molecule has 1 rings (SSSR count). The third-order valence-corrected chi connectivity index (χ3v) is 2.52. The van der Waals surface area contributed by atoms with Crippen molar-refractivity contribution >= 4 is 5.91 Å². The number of carbonyl (C=O) groups excluding carboxylic acids is 1. The van der Waals surface area contributed by atoms with Gasteiger partial charge in [-0.15, -0.1) is 0 Å². The summed E-state index contributed by atoms with van der Waals surface area (Å²) in [5, 5.41) is 2.66. The number of hydrogen-bond acceptors (Lipinski definition) is 2. The summed E-state index contributed by atoms with van der Waals surface area (Å²) in [6.45, 7) is 7.56. The molecule has 0 radical (unpaired) electrons. The zero-order valence-corrected chi connectivity index (χ0v) is 8.18. The Labute approximate surface area is 74.1 Å². The molecule has 3 nitrogen and oxygen atoms in total. The van der Waals surface area contributed by atoms with Gasteiger partial charge in [0.2, 0.25) is 5.91 Å². The summed E-state index contributed by atoms with van der Waals surface area (Å²) < 4.78 is 0. The molecule has 0 bridgehead atoms. The molecule has 1 N–H and O–H groups in total. The molecule has 12 heavy (non-hydrogen) atoms. The van der Waals surface area contributed by atoms with Gasteiger partial charge in [0.25, 0.3) is 0 Å². The van der Waals surface area contributed by atoms with E-state index in [1.54, 1.807) is 7.05 Å². The lowest BCUT2D eigenvalue weighted by molar-refractivity contribution is -0.125. The molecule has 1 saturated heterocycles. The third-order valence-electron chi connectivity index (χ3n) is 2.52. The summed E-state index contributed by atoms with van der Waals surface area (Å²) in [5.41, 5.74) is 0.232. The number of amides is 1. The van der Waals surface area contributed by atoms with Gasteiger partial charge in [0.1, 0.15) is 0 Å². The van der Waals surface area contributed by atoms with Gasteiger partial charge >= 0.3 is 0 Å². The van der Waals surface area contributed by atoms with E-state index in [1.807, 2.05) is 0 Å². The van der Waals surface area contributed by atoms with Gasteiger partial charge in [0.15, 0.2) is 0 Å².